The van der Waals surface area contributed by atoms with Crippen molar-refractivity contribution in [2.75, 3.05) is 39.8 Å². The highest BCUT2D eigenvalue weighted by Crippen LogP contribution is 2.38. The average Bonchev–Trinajstić information content (AvgIpc) is 3.38. The maximum atomic E-state index is 12.6. The number of benzene rings is 3. The lowest BCUT2D eigenvalue weighted by molar-refractivity contribution is 0.0295. The van der Waals surface area contributed by atoms with Gasteiger partial charge in [-0.15, -0.1) is 0 Å². The van der Waals surface area contributed by atoms with Gasteiger partial charge in [-0.1, -0.05) is 36.4 Å². The minimum Gasteiger partial charge on any atom is -0.507 e. The van der Waals surface area contributed by atoms with Crippen LogP contribution in [0.3, 0.4) is 0 Å². The first-order valence-electron chi connectivity index (χ1n) is 13.3. The van der Waals surface area contributed by atoms with E-state index in [1.165, 1.54) is 12.8 Å². The third-order valence-corrected chi connectivity index (χ3v) is 6.91. The van der Waals surface area contributed by atoms with E-state index in [2.05, 4.69) is 17.0 Å². The van der Waals surface area contributed by atoms with Gasteiger partial charge in [-0.3, -0.25) is 4.90 Å². The Bertz CT molecular complexity index is 1180. The summed E-state index contributed by atoms with van der Waals surface area (Å²) in [4.78, 5) is 16.7. The monoisotopic (exact) mass is 504 g/mol. The molecule has 198 valence electrons. The number of aromatic hydroxyl groups is 1. The number of ether oxygens (including phenoxy) is 2. The molecule has 1 unspecified atom stereocenters. The maximum absolute atomic E-state index is 12.6. The number of nitrogens with zero attached hydrogens (tertiary/aromatic N) is 2. The minimum absolute atomic E-state index is 0.0223. The number of carbonyl (C=O) groups excluding carboxylic acids is 1. The Kier molecular flexibility index (Phi) is 8.59. The van der Waals surface area contributed by atoms with E-state index in [1.54, 1.807) is 18.0 Å². The molecule has 1 N–H and O–H groups in total. The smallest absolute Gasteiger partial charge is 0.410 e. The molecule has 3 aromatic rings. The van der Waals surface area contributed by atoms with Crippen molar-refractivity contribution in [3.05, 3.63) is 71.8 Å². The molecule has 1 aliphatic heterocycles. The van der Waals surface area contributed by atoms with Crippen LogP contribution in [0.4, 0.5) is 4.79 Å². The highest BCUT2D eigenvalue weighted by Gasteiger charge is 2.23. The molecule has 1 fully saturated rings. The molecule has 3 aromatic carbocycles. The fraction of sp³-hybridized carbons (Fsp3) is 0.452. The van der Waals surface area contributed by atoms with Gasteiger partial charge in [-0.25, -0.2) is 4.79 Å². The third-order valence-electron chi connectivity index (χ3n) is 6.91. The molecule has 4 rings (SSSR count). The molecule has 6 heteroatoms. The number of hydrogen-bond acceptors (Lipinski definition) is 5. The number of carbonyl (C=O) groups is 1. The number of phenolic OH excluding ortho intramolecular Hbond substituents is 1. The van der Waals surface area contributed by atoms with Crippen molar-refractivity contribution in [2.45, 2.75) is 51.6 Å². The molecule has 0 spiro atoms. The van der Waals surface area contributed by atoms with Crippen molar-refractivity contribution < 1.29 is 19.4 Å². The molecule has 1 amide bonds. The van der Waals surface area contributed by atoms with Gasteiger partial charge >= 0.3 is 6.09 Å². The van der Waals surface area contributed by atoms with Crippen molar-refractivity contribution in [1.29, 1.82) is 0 Å². The van der Waals surface area contributed by atoms with Crippen molar-refractivity contribution in [1.82, 2.24) is 9.80 Å². The first kappa shape index (κ1) is 26.8. The van der Waals surface area contributed by atoms with Crippen LogP contribution in [-0.2, 0) is 4.74 Å². The van der Waals surface area contributed by atoms with Crippen LogP contribution >= 0.6 is 0 Å². The predicted molar refractivity (Wildman–Crippen MR) is 149 cm³/mol. The van der Waals surface area contributed by atoms with Crippen LogP contribution in [0.25, 0.3) is 10.8 Å². The summed E-state index contributed by atoms with van der Waals surface area (Å²) in [5.74, 6) is 1.07. The van der Waals surface area contributed by atoms with E-state index in [-0.39, 0.29) is 17.8 Å². The molecule has 1 atom stereocenters. The first-order chi connectivity index (χ1) is 17.7. The van der Waals surface area contributed by atoms with Gasteiger partial charge in [0.15, 0.2) is 0 Å². The number of rotatable bonds is 9. The zero-order valence-electron chi connectivity index (χ0n) is 22.6. The van der Waals surface area contributed by atoms with E-state index < -0.39 is 5.60 Å². The van der Waals surface area contributed by atoms with Gasteiger partial charge in [0.2, 0.25) is 0 Å². The Morgan fingerprint density at radius 3 is 2.46 bits per heavy atom. The van der Waals surface area contributed by atoms with Gasteiger partial charge in [0.25, 0.3) is 0 Å². The van der Waals surface area contributed by atoms with E-state index in [1.807, 2.05) is 63.2 Å². The Labute approximate surface area is 220 Å². The van der Waals surface area contributed by atoms with Crippen LogP contribution in [0.1, 0.15) is 57.1 Å². The van der Waals surface area contributed by atoms with Gasteiger partial charge in [-0.05, 0) is 93.9 Å². The molecule has 37 heavy (non-hydrogen) atoms. The summed E-state index contributed by atoms with van der Waals surface area (Å²) in [5, 5.41) is 12.4. The standard InChI is InChI=1S/C31H40N2O4/c1-31(2,3)37-30(35)32(4)19-16-25(23-10-6-5-7-11-23)26-14-15-29(34)27-13-12-24(22-28(26)27)36-21-20-33-17-8-9-18-33/h5-7,10-15,22,25,34H,8-9,16-21H2,1-4H3. The summed E-state index contributed by atoms with van der Waals surface area (Å²) < 4.78 is 11.7. The molecular weight excluding hydrogens is 464 g/mol. The highest BCUT2D eigenvalue weighted by molar-refractivity contribution is 5.92. The van der Waals surface area contributed by atoms with Gasteiger partial charge in [0, 0.05) is 31.4 Å². The largest absolute Gasteiger partial charge is 0.507 e. The molecule has 1 aliphatic rings. The molecule has 1 heterocycles. The Hall–Kier alpha value is -3.25. The van der Waals surface area contributed by atoms with Gasteiger partial charge < -0.3 is 19.5 Å². The van der Waals surface area contributed by atoms with E-state index in [4.69, 9.17) is 9.47 Å². The fourth-order valence-electron chi connectivity index (χ4n) is 4.97. The average molecular weight is 505 g/mol. The van der Waals surface area contributed by atoms with E-state index in [0.717, 1.165) is 47.3 Å². The second kappa shape index (κ2) is 11.9. The third kappa shape index (κ3) is 7.16. The van der Waals surface area contributed by atoms with Crippen LogP contribution in [0.2, 0.25) is 0 Å². The van der Waals surface area contributed by atoms with E-state index >= 15 is 0 Å². The Balaban J connectivity index is 1.60. The summed E-state index contributed by atoms with van der Waals surface area (Å²) in [6.45, 7) is 10.0. The van der Waals surface area contributed by atoms with Gasteiger partial charge in [0.05, 0.1) is 0 Å². The normalized spacial score (nSPS) is 15.0. The van der Waals surface area contributed by atoms with Crippen molar-refractivity contribution in [2.24, 2.45) is 0 Å². The molecular formula is C31H40N2O4. The van der Waals surface area contributed by atoms with E-state index in [0.29, 0.717) is 19.6 Å². The second-order valence-corrected chi connectivity index (χ2v) is 10.9. The summed E-state index contributed by atoms with van der Waals surface area (Å²) in [6, 6.07) is 20.0. The van der Waals surface area contributed by atoms with Crippen LogP contribution < -0.4 is 4.74 Å². The molecule has 0 radical (unpaired) electrons. The minimum atomic E-state index is -0.539. The Morgan fingerprint density at radius 2 is 1.76 bits per heavy atom. The zero-order chi connectivity index (χ0) is 26.4. The molecule has 0 aromatic heterocycles. The first-order valence-corrected chi connectivity index (χ1v) is 13.3. The van der Waals surface area contributed by atoms with E-state index in [9.17, 15) is 9.90 Å². The van der Waals surface area contributed by atoms with Crippen LogP contribution in [0, 0.1) is 0 Å². The fourth-order valence-corrected chi connectivity index (χ4v) is 4.97. The second-order valence-electron chi connectivity index (χ2n) is 10.9. The van der Waals surface area contributed by atoms with Gasteiger partial charge in [0.1, 0.15) is 23.7 Å². The maximum Gasteiger partial charge on any atom is 0.410 e. The SMILES string of the molecule is CN(CCC(c1ccccc1)c1ccc(O)c2ccc(OCCN3CCCC3)cc12)C(=O)OC(C)(C)C. The lowest BCUT2D eigenvalue weighted by Gasteiger charge is -2.27. The molecule has 6 nitrogen and oxygen atoms in total. The number of likely N-dealkylation sites (tertiary alicyclic amines) is 1. The molecule has 0 bridgehead atoms. The van der Waals surface area contributed by atoms with Crippen molar-refractivity contribution in [3.63, 3.8) is 0 Å². The number of hydrogen-bond donors (Lipinski definition) is 1. The topological polar surface area (TPSA) is 62.2 Å². The van der Waals surface area contributed by atoms with Crippen molar-refractivity contribution in [3.8, 4) is 11.5 Å². The highest BCUT2D eigenvalue weighted by atomic mass is 16.6. The van der Waals surface area contributed by atoms with Crippen LogP contribution in [-0.4, -0.2) is 66.4 Å². The summed E-state index contributed by atoms with van der Waals surface area (Å²) in [6.07, 6.45) is 2.91. The molecule has 0 saturated carbocycles. The lowest BCUT2D eigenvalue weighted by Crippen LogP contribution is -2.35. The summed E-state index contributed by atoms with van der Waals surface area (Å²) in [5.41, 5.74) is 1.72. The lowest BCUT2D eigenvalue weighted by atomic mass is 9.85. The van der Waals surface area contributed by atoms with Crippen LogP contribution in [0.15, 0.2) is 60.7 Å². The quantitative estimate of drug-likeness (QED) is 0.365. The predicted octanol–water partition coefficient (Wildman–Crippen LogP) is 6.41. The Morgan fingerprint density at radius 1 is 1.03 bits per heavy atom. The summed E-state index contributed by atoms with van der Waals surface area (Å²) >= 11 is 0. The molecule has 1 saturated heterocycles. The molecule has 0 aliphatic carbocycles. The number of phenols is 1. The number of amides is 1. The number of fused-ring (bicyclic) bond motifs is 1. The van der Waals surface area contributed by atoms with Gasteiger partial charge in [-0.2, -0.15) is 0 Å². The summed E-state index contributed by atoms with van der Waals surface area (Å²) in [7, 11) is 1.78. The van der Waals surface area contributed by atoms with Crippen molar-refractivity contribution >= 4 is 16.9 Å². The van der Waals surface area contributed by atoms with Crippen LogP contribution in [0.5, 0.6) is 11.5 Å². The zero-order valence-corrected chi connectivity index (χ0v) is 22.6.